The second kappa shape index (κ2) is 4.91. The average Bonchev–Trinajstić information content (AvgIpc) is 2.48. The second-order valence-corrected chi connectivity index (χ2v) is 5.62. The minimum absolute atomic E-state index is 0.0911. The molecule has 3 rings (SSSR count). The molecule has 0 saturated heterocycles. The molecule has 0 fully saturated rings. The van der Waals surface area contributed by atoms with E-state index in [0.29, 0.717) is 0 Å². The maximum Gasteiger partial charge on any atom is 0.253 e. The van der Waals surface area contributed by atoms with E-state index in [2.05, 4.69) is 23.5 Å². The number of pyridine rings is 1. The maximum atomic E-state index is 12.0. The van der Waals surface area contributed by atoms with Crippen molar-refractivity contribution >= 4 is 0 Å². The molecule has 0 saturated carbocycles. The minimum atomic E-state index is 0.0911. The van der Waals surface area contributed by atoms with Crippen LogP contribution in [-0.2, 0) is 20.0 Å². The molecule has 0 atom stereocenters. The maximum absolute atomic E-state index is 12.0. The topological polar surface area (TPSA) is 34.0 Å². The summed E-state index contributed by atoms with van der Waals surface area (Å²) >= 11 is 0. The number of rotatable bonds is 1. The van der Waals surface area contributed by atoms with Crippen molar-refractivity contribution in [1.82, 2.24) is 9.88 Å². The molecule has 0 unspecified atom stereocenters. The summed E-state index contributed by atoms with van der Waals surface area (Å²) in [5.74, 6) is 0. The molecule has 0 aliphatic carbocycles. The number of benzene rings is 1. The molecule has 0 radical (unpaired) electrons. The quantitative estimate of drug-likeness (QED) is 0.861. The first-order valence-electron chi connectivity index (χ1n) is 7.07. The molecule has 1 aromatic carbocycles. The van der Waals surface area contributed by atoms with Crippen LogP contribution in [0.25, 0.3) is 11.1 Å². The van der Waals surface area contributed by atoms with E-state index >= 15 is 0 Å². The largest absolute Gasteiger partial charge is 0.318 e. The molecule has 3 nitrogen and oxygen atoms in total. The van der Waals surface area contributed by atoms with Gasteiger partial charge in [0.2, 0.25) is 0 Å². The summed E-state index contributed by atoms with van der Waals surface area (Å²) in [5.41, 5.74) is 7.19. The Kier molecular flexibility index (Phi) is 3.22. The van der Waals surface area contributed by atoms with Crippen molar-refractivity contribution in [1.29, 1.82) is 0 Å². The summed E-state index contributed by atoms with van der Waals surface area (Å²) in [6.45, 7) is 5.94. The second-order valence-electron chi connectivity index (χ2n) is 5.62. The van der Waals surface area contributed by atoms with Crippen LogP contribution in [0.2, 0.25) is 0 Å². The van der Waals surface area contributed by atoms with Crippen LogP contribution in [0.1, 0.15) is 22.3 Å². The molecule has 1 aromatic heterocycles. The van der Waals surface area contributed by atoms with Crippen molar-refractivity contribution in [2.75, 3.05) is 6.54 Å². The average molecular weight is 268 g/mol. The highest BCUT2D eigenvalue weighted by molar-refractivity contribution is 5.68. The van der Waals surface area contributed by atoms with Gasteiger partial charge >= 0.3 is 0 Å². The third-order valence-electron chi connectivity index (χ3n) is 4.33. The van der Waals surface area contributed by atoms with E-state index in [4.69, 9.17) is 0 Å². The first kappa shape index (κ1) is 13.1. The SMILES string of the molecule is Cc1c(-c2ccc3c(c2)CCNC3)cn(C)c(=O)c1C. The zero-order valence-electron chi connectivity index (χ0n) is 12.3. The molecule has 1 aliphatic heterocycles. The lowest BCUT2D eigenvalue weighted by Crippen LogP contribution is -2.23. The fraction of sp³-hybridized carbons (Fsp3) is 0.353. The molecule has 20 heavy (non-hydrogen) atoms. The molecule has 104 valence electrons. The van der Waals surface area contributed by atoms with Gasteiger partial charge in [0.15, 0.2) is 0 Å². The molecule has 1 N–H and O–H groups in total. The van der Waals surface area contributed by atoms with E-state index in [1.165, 1.54) is 16.7 Å². The molecule has 0 spiro atoms. The Morgan fingerprint density at radius 3 is 2.75 bits per heavy atom. The van der Waals surface area contributed by atoms with Crippen LogP contribution in [0.4, 0.5) is 0 Å². The van der Waals surface area contributed by atoms with E-state index < -0.39 is 0 Å². The Balaban J connectivity index is 2.16. The summed E-state index contributed by atoms with van der Waals surface area (Å²) in [4.78, 5) is 12.0. The highest BCUT2D eigenvalue weighted by atomic mass is 16.1. The first-order chi connectivity index (χ1) is 9.58. The van der Waals surface area contributed by atoms with Gasteiger partial charge in [0.05, 0.1) is 0 Å². The van der Waals surface area contributed by atoms with Crippen molar-refractivity contribution in [3.8, 4) is 11.1 Å². The monoisotopic (exact) mass is 268 g/mol. The van der Waals surface area contributed by atoms with Gasteiger partial charge in [-0.15, -0.1) is 0 Å². The van der Waals surface area contributed by atoms with Gasteiger partial charge in [-0.25, -0.2) is 0 Å². The van der Waals surface area contributed by atoms with Gasteiger partial charge in [-0.2, -0.15) is 0 Å². The molecule has 0 bridgehead atoms. The highest BCUT2D eigenvalue weighted by Crippen LogP contribution is 2.27. The van der Waals surface area contributed by atoms with Crippen molar-refractivity contribution < 1.29 is 0 Å². The number of aryl methyl sites for hydroxylation is 1. The molecule has 3 heteroatoms. The van der Waals surface area contributed by atoms with E-state index in [-0.39, 0.29) is 5.56 Å². The predicted molar refractivity (Wildman–Crippen MR) is 82.0 cm³/mol. The Morgan fingerprint density at radius 2 is 1.95 bits per heavy atom. The number of hydrogen-bond acceptors (Lipinski definition) is 2. The number of fused-ring (bicyclic) bond motifs is 1. The van der Waals surface area contributed by atoms with Crippen LogP contribution in [0.15, 0.2) is 29.2 Å². The molecule has 0 amide bonds. The standard InChI is InChI=1S/C17H20N2O/c1-11-12(2)17(20)19(3)10-16(11)14-4-5-15-9-18-7-6-13(15)8-14/h4-5,8,10,18H,6-7,9H2,1-3H3. The summed E-state index contributed by atoms with van der Waals surface area (Å²) in [6.07, 6.45) is 3.03. The molecule has 2 aromatic rings. The van der Waals surface area contributed by atoms with Gasteiger partial charge in [-0.05, 0) is 49.1 Å². The highest BCUT2D eigenvalue weighted by Gasteiger charge is 2.13. The van der Waals surface area contributed by atoms with E-state index in [1.807, 2.05) is 27.1 Å². The zero-order valence-corrected chi connectivity index (χ0v) is 12.3. The molecule has 2 heterocycles. The van der Waals surface area contributed by atoms with Gasteiger partial charge in [-0.1, -0.05) is 18.2 Å². The Hall–Kier alpha value is -1.87. The van der Waals surface area contributed by atoms with Crippen LogP contribution in [0.3, 0.4) is 0 Å². The first-order valence-corrected chi connectivity index (χ1v) is 7.07. The lowest BCUT2D eigenvalue weighted by Gasteiger charge is -2.19. The van der Waals surface area contributed by atoms with E-state index in [9.17, 15) is 4.79 Å². The number of nitrogens with zero attached hydrogens (tertiary/aromatic N) is 1. The zero-order chi connectivity index (χ0) is 14.3. The summed E-state index contributed by atoms with van der Waals surface area (Å²) < 4.78 is 1.68. The minimum Gasteiger partial charge on any atom is -0.318 e. The normalized spacial score (nSPS) is 14.2. The lowest BCUT2D eigenvalue weighted by molar-refractivity contribution is 0.644. The van der Waals surface area contributed by atoms with Gasteiger partial charge in [-0.3, -0.25) is 4.79 Å². The van der Waals surface area contributed by atoms with Gasteiger partial charge < -0.3 is 9.88 Å². The lowest BCUT2D eigenvalue weighted by atomic mass is 9.93. The van der Waals surface area contributed by atoms with Gasteiger partial charge in [0, 0.05) is 30.9 Å². The van der Waals surface area contributed by atoms with Crippen LogP contribution >= 0.6 is 0 Å². The smallest absolute Gasteiger partial charge is 0.253 e. The van der Waals surface area contributed by atoms with Crippen molar-refractivity contribution in [3.05, 3.63) is 57.0 Å². The summed E-state index contributed by atoms with van der Waals surface area (Å²) in [7, 11) is 1.82. The third-order valence-corrected chi connectivity index (χ3v) is 4.33. The van der Waals surface area contributed by atoms with Crippen molar-refractivity contribution in [2.45, 2.75) is 26.8 Å². The summed E-state index contributed by atoms with van der Waals surface area (Å²) in [6, 6.07) is 6.65. The van der Waals surface area contributed by atoms with E-state index in [1.54, 1.807) is 4.57 Å². The third kappa shape index (κ3) is 2.08. The Morgan fingerprint density at radius 1 is 1.15 bits per heavy atom. The molecule has 1 aliphatic rings. The fourth-order valence-corrected chi connectivity index (χ4v) is 2.91. The van der Waals surface area contributed by atoms with Gasteiger partial charge in [0.25, 0.3) is 5.56 Å². The molecular weight excluding hydrogens is 248 g/mol. The Bertz CT molecular complexity index is 729. The molecular formula is C17H20N2O. The van der Waals surface area contributed by atoms with E-state index in [0.717, 1.165) is 36.2 Å². The fourth-order valence-electron chi connectivity index (χ4n) is 2.91. The number of hydrogen-bond donors (Lipinski definition) is 1. The van der Waals surface area contributed by atoms with Crippen molar-refractivity contribution in [2.24, 2.45) is 7.05 Å². The number of nitrogens with one attached hydrogen (secondary N) is 1. The van der Waals surface area contributed by atoms with Crippen LogP contribution in [0, 0.1) is 13.8 Å². The predicted octanol–water partition coefficient (Wildman–Crippen LogP) is 2.31. The van der Waals surface area contributed by atoms with Gasteiger partial charge in [0.1, 0.15) is 0 Å². The summed E-state index contributed by atoms with van der Waals surface area (Å²) in [5, 5.41) is 3.39. The Labute approximate surface area is 119 Å². The van der Waals surface area contributed by atoms with Crippen molar-refractivity contribution in [3.63, 3.8) is 0 Å². The van der Waals surface area contributed by atoms with Crippen LogP contribution in [0.5, 0.6) is 0 Å². The van der Waals surface area contributed by atoms with Crippen LogP contribution < -0.4 is 10.9 Å². The van der Waals surface area contributed by atoms with Crippen LogP contribution in [-0.4, -0.2) is 11.1 Å². The number of aromatic nitrogens is 1.